The van der Waals surface area contributed by atoms with Crippen LogP contribution in [0.5, 0.6) is 17.2 Å². The molecule has 0 spiro atoms. The monoisotopic (exact) mass is 822 g/mol. The van der Waals surface area contributed by atoms with Gasteiger partial charge in [0.05, 0.1) is 6.61 Å². The normalized spacial score (nSPS) is 22.5. The van der Waals surface area contributed by atoms with E-state index in [1.54, 1.807) is 0 Å². The third-order valence-corrected chi connectivity index (χ3v) is 12.8. The van der Waals surface area contributed by atoms with Crippen LogP contribution in [0, 0.1) is 0 Å². The number of rotatable bonds is 17. The first-order valence-electron chi connectivity index (χ1n) is 18.7. The Morgan fingerprint density at radius 2 is 0.942 bits per heavy atom. The summed E-state index contributed by atoms with van der Waals surface area (Å²) in [4.78, 5) is 0. The maximum atomic E-state index is 7.05. The zero-order chi connectivity index (χ0) is 39.5. The van der Waals surface area contributed by atoms with E-state index in [1.165, 1.54) is 0 Å². The zero-order valence-corrected chi connectivity index (χ0v) is 41.6. The average Bonchev–Trinajstić information content (AvgIpc) is 2.90. The van der Waals surface area contributed by atoms with E-state index in [0.29, 0.717) is 12.4 Å². The predicted molar refractivity (Wildman–Crippen MR) is 233 cm³/mol. The second-order valence-electron chi connectivity index (χ2n) is 19.7. The quantitative estimate of drug-likeness (QED) is 0.115. The minimum absolute atomic E-state index is 0.362. The van der Waals surface area contributed by atoms with Crippen molar-refractivity contribution in [1.82, 2.24) is 0 Å². The van der Waals surface area contributed by atoms with Crippen LogP contribution in [0.3, 0.4) is 0 Å². The molecule has 1 fully saturated rings. The molecule has 0 radical (unpaired) electrons. The van der Waals surface area contributed by atoms with E-state index in [2.05, 4.69) is 148 Å². The van der Waals surface area contributed by atoms with Crippen LogP contribution in [-0.2, 0) is 22.4 Å². The van der Waals surface area contributed by atoms with Gasteiger partial charge in [-0.25, -0.2) is 0 Å². The van der Waals surface area contributed by atoms with Crippen molar-refractivity contribution in [2.45, 2.75) is 149 Å². The molecule has 0 N–H and O–H groups in total. The predicted octanol–water partition coefficient (Wildman–Crippen LogP) is 10.9. The number of benzene rings is 2. The van der Waals surface area contributed by atoms with Crippen molar-refractivity contribution in [1.29, 1.82) is 0 Å². The lowest BCUT2D eigenvalue weighted by molar-refractivity contribution is -0.265. The van der Waals surface area contributed by atoms with Gasteiger partial charge in [-0.1, -0.05) is 24.3 Å². The molecule has 5 atom stereocenters. The smallest absolute Gasteiger partial charge is 0.242 e. The molecule has 0 amide bonds. The van der Waals surface area contributed by atoms with Gasteiger partial charge in [-0.05, 0) is 153 Å². The summed E-state index contributed by atoms with van der Waals surface area (Å²) >= 11 is 0. The van der Waals surface area contributed by atoms with Crippen LogP contribution in [0.2, 0.25) is 118 Å². The topological polar surface area (TPSA) is 73.8 Å². The van der Waals surface area contributed by atoms with Crippen molar-refractivity contribution < 1.29 is 36.0 Å². The second kappa shape index (κ2) is 17.2. The fourth-order valence-corrected chi connectivity index (χ4v) is 11.1. The Hall–Kier alpha value is -1.32. The molecule has 3 rings (SSSR count). The third-order valence-electron chi connectivity index (χ3n) is 7.09. The van der Waals surface area contributed by atoms with Gasteiger partial charge in [-0.3, -0.25) is 0 Å². The molecule has 2 aromatic rings. The van der Waals surface area contributed by atoms with Crippen molar-refractivity contribution in [3.05, 3.63) is 53.6 Å². The molecule has 0 saturated carbocycles. The highest BCUT2D eigenvalue weighted by Crippen LogP contribution is 2.36. The van der Waals surface area contributed by atoms with Gasteiger partial charge in [0.25, 0.3) is 0 Å². The van der Waals surface area contributed by atoms with E-state index in [0.717, 1.165) is 22.6 Å². The molecule has 1 aliphatic rings. The van der Waals surface area contributed by atoms with Crippen LogP contribution < -0.4 is 13.6 Å². The molecule has 0 bridgehead atoms. The standard InChI is InChI=1S/C38H70O8Si6/c1-47(2,3)39-28-34-35(44-50(10,11)12)36(45-51(13,14)15)37(46-52(16,17)18)38(41-34)40-32-25-30(26-33(27-32)43-49(7,8)9)20-19-29-21-23-31(24-22-29)42-48(4,5)6/h19-27,34-38H,28H2,1-18H3/b20-19-. The lowest BCUT2D eigenvalue weighted by atomic mass is 9.99. The van der Waals surface area contributed by atoms with Crippen LogP contribution in [-0.4, -0.2) is 87.2 Å². The highest BCUT2D eigenvalue weighted by atomic mass is 28.4. The Kier molecular flexibility index (Phi) is 14.9. The van der Waals surface area contributed by atoms with Crippen molar-refractivity contribution >= 4 is 62.1 Å². The van der Waals surface area contributed by atoms with E-state index in [4.69, 9.17) is 36.0 Å². The van der Waals surface area contributed by atoms with Crippen molar-refractivity contribution in [3.63, 3.8) is 0 Å². The molecule has 1 aliphatic heterocycles. The highest BCUT2D eigenvalue weighted by molar-refractivity contribution is 6.72. The van der Waals surface area contributed by atoms with Crippen molar-refractivity contribution in [2.24, 2.45) is 0 Å². The molecule has 0 aromatic heterocycles. The van der Waals surface area contributed by atoms with E-state index < -0.39 is 74.5 Å². The molecular weight excluding hydrogens is 753 g/mol. The molecule has 2 aromatic carbocycles. The molecule has 0 aliphatic carbocycles. The molecule has 8 nitrogen and oxygen atoms in total. The average molecular weight is 823 g/mol. The SMILES string of the molecule is C[Si](C)(C)OCC1OC(Oc2cc(/C=C\c3ccc(O[Si](C)(C)C)cc3)cc(O[Si](C)(C)C)c2)C(O[Si](C)(C)C)C(O[Si](C)(C)C)C1O[Si](C)(C)C. The van der Waals surface area contributed by atoms with Gasteiger partial charge in [-0.15, -0.1) is 0 Å². The van der Waals surface area contributed by atoms with Gasteiger partial charge in [-0.2, -0.15) is 0 Å². The second-order valence-corrected chi connectivity index (χ2v) is 46.5. The summed E-state index contributed by atoms with van der Waals surface area (Å²) < 4.78 is 54.1. The molecule has 1 saturated heterocycles. The number of ether oxygens (including phenoxy) is 2. The molecule has 1 heterocycles. The Bertz CT molecular complexity index is 1460. The Balaban J connectivity index is 2.10. The lowest BCUT2D eigenvalue weighted by Gasteiger charge is -2.50. The van der Waals surface area contributed by atoms with Crippen LogP contribution in [0.1, 0.15) is 11.1 Å². The van der Waals surface area contributed by atoms with E-state index in [1.807, 2.05) is 24.3 Å². The van der Waals surface area contributed by atoms with Gasteiger partial charge in [0.15, 0.2) is 33.3 Å². The van der Waals surface area contributed by atoms with Gasteiger partial charge >= 0.3 is 0 Å². The highest BCUT2D eigenvalue weighted by Gasteiger charge is 2.52. The first kappa shape index (κ1) is 45.1. The summed E-state index contributed by atoms with van der Waals surface area (Å²) in [6.45, 7) is 39.9. The van der Waals surface area contributed by atoms with Gasteiger partial charge in [0.2, 0.25) is 22.9 Å². The molecule has 294 valence electrons. The minimum atomic E-state index is -2.13. The Morgan fingerprint density at radius 1 is 0.481 bits per heavy atom. The van der Waals surface area contributed by atoms with Gasteiger partial charge in [0, 0.05) is 6.07 Å². The number of hydrogen-bond acceptors (Lipinski definition) is 8. The van der Waals surface area contributed by atoms with E-state index in [-0.39, 0.29) is 6.10 Å². The first-order valence-corrected chi connectivity index (χ1v) is 39.2. The molecular formula is C38H70O8Si6. The Morgan fingerprint density at radius 3 is 1.44 bits per heavy atom. The van der Waals surface area contributed by atoms with Crippen LogP contribution in [0.15, 0.2) is 42.5 Å². The zero-order valence-electron chi connectivity index (χ0n) is 35.6. The summed E-state index contributed by atoms with van der Waals surface area (Å²) in [6.07, 6.45) is 1.76. The van der Waals surface area contributed by atoms with E-state index >= 15 is 0 Å². The van der Waals surface area contributed by atoms with Crippen LogP contribution in [0.4, 0.5) is 0 Å². The maximum absolute atomic E-state index is 7.05. The van der Waals surface area contributed by atoms with Gasteiger partial charge in [0.1, 0.15) is 41.7 Å². The minimum Gasteiger partial charge on any atom is -0.544 e. The summed E-state index contributed by atoms with van der Waals surface area (Å²) in [7, 11) is -11.8. The largest absolute Gasteiger partial charge is 0.544 e. The Labute approximate surface area is 322 Å². The number of hydrogen-bond donors (Lipinski definition) is 0. The maximum Gasteiger partial charge on any atom is 0.242 e. The van der Waals surface area contributed by atoms with Crippen LogP contribution in [0.25, 0.3) is 12.2 Å². The fourth-order valence-electron chi connectivity index (χ4n) is 5.56. The summed E-state index contributed by atoms with van der Waals surface area (Å²) in [5.41, 5.74) is 2.03. The van der Waals surface area contributed by atoms with Crippen LogP contribution >= 0.6 is 0 Å². The van der Waals surface area contributed by atoms with Crippen molar-refractivity contribution in [2.75, 3.05) is 6.61 Å². The molecule has 52 heavy (non-hydrogen) atoms. The van der Waals surface area contributed by atoms with E-state index in [9.17, 15) is 0 Å². The molecule has 14 heteroatoms. The fraction of sp³-hybridized carbons (Fsp3) is 0.632. The lowest BCUT2D eigenvalue weighted by Crippen LogP contribution is -2.67. The summed E-state index contributed by atoms with van der Waals surface area (Å²) in [6, 6.07) is 14.3. The van der Waals surface area contributed by atoms with Crippen molar-refractivity contribution in [3.8, 4) is 17.2 Å². The van der Waals surface area contributed by atoms with Gasteiger partial charge < -0.3 is 36.0 Å². The summed E-state index contributed by atoms with van der Waals surface area (Å²) in [5.74, 6) is 2.31. The summed E-state index contributed by atoms with van der Waals surface area (Å²) in [5, 5.41) is 0. The first-order chi connectivity index (χ1) is 23.4. The molecule has 5 unspecified atom stereocenters. The third kappa shape index (κ3) is 17.0.